The van der Waals surface area contributed by atoms with Crippen molar-refractivity contribution < 1.29 is 13.9 Å². The Balaban J connectivity index is 1.84. The third kappa shape index (κ3) is 3.71. The molecule has 0 bridgehead atoms. The molecule has 0 aliphatic rings. The van der Waals surface area contributed by atoms with Gasteiger partial charge in [-0.15, -0.1) is 6.58 Å². The Kier molecular flexibility index (Phi) is 4.84. The minimum Gasteiger partial charge on any atom is -0.497 e. The van der Waals surface area contributed by atoms with Gasteiger partial charge in [-0.1, -0.05) is 18.2 Å². The van der Waals surface area contributed by atoms with Gasteiger partial charge in [0.05, 0.1) is 7.11 Å². The number of rotatable bonds is 6. The van der Waals surface area contributed by atoms with E-state index in [0.717, 1.165) is 16.8 Å². The van der Waals surface area contributed by atoms with Gasteiger partial charge in [-0.25, -0.2) is 4.39 Å². The fourth-order valence-electron chi connectivity index (χ4n) is 2.72. The van der Waals surface area contributed by atoms with Crippen LogP contribution in [0.3, 0.4) is 0 Å². The van der Waals surface area contributed by atoms with Gasteiger partial charge >= 0.3 is 0 Å². The van der Waals surface area contributed by atoms with Crippen LogP contribution in [-0.2, 0) is 6.54 Å². The molecule has 0 fully saturated rings. The molecule has 0 saturated heterocycles. The van der Waals surface area contributed by atoms with Crippen LogP contribution in [0.4, 0.5) is 4.39 Å². The molecule has 1 N–H and O–H groups in total. The molecule has 1 heterocycles. The monoisotopic (exact) mass is 338 g/mol. The van der Waals surface area contributed by atoms with E-state index in [0.29, 0.717) is 24.2 Å². The number of amides is 1. The highest BCUT2D eigenvalue weighted by atomic mass is 19.1. The first-order valence-electron chi connectivity index (χ1n) is 7.92. The SMILES string of the molecule is C=CCN(Cc1ccc(OC)cc1)C(=O)c1cc2cc(F)ccc2[nH]1. The quantitative estimate of drug-likeness (QED) is 0.687. The highest BCUT2D eigenvalue weighted by molar-refractivity contribution is 5.98. The third-order valence-corrected chi connectivity index (χ3v) is 3.98. The van der Waals surface area contributed by atoms with E-state index in [2.05, 4.69) is 11.6 Å². The van der Waals surface area contributed by atoms with Crippen LogP contribution in [0, 0.1) is 5.82 Å². The molecule has 5 heteroatoms. The van der Waals surface area contributed by atoms with E-state index in [1.165, 1.54) is 12.1 Å². The molecule has 3 rings (SSSR count). The van der Waals surface area contributed by atoms with Crippen molar-refractivity contribution in [3.05, 3.63) is 78.3 Å². The lowest BCUT2D eigenvalue weighted by Crippen LogP contribution is -2.30. The molecule has 0 aliphatic carbocycles. The molecular weight excluding hydrogens is 319 g/mol. The van der Waals surface area contributed by atoms with Crippen LogP contribution in [0.25, 0.3) is 10.9 Å². The number of H-pyrrole nitrogens is 1. The summed E-state index contributed by atoms with van der Waals surface area (Å²) >= 11 is 0. The minimum absolute atomic E-state index is 0.160. The Hall–Kier alpha value is -3.08. The van der Waals surface area contributed by atoms with Crippen molar-refractivity contribution in [1.29, 1.82) is 0 Å². The third-order valence-electron chi connectivity index (χ3n) is 3.98. The average molecular weight is 338 g/mol. The van der Waals surface area contributed by atoms with Gasteiger partial charge in [0, 0.05) is 24.0 Å². The largest absolute Gasteiger partial charge is 0.497 e. The molecule has 1 amide bonds. The molecule has 4 nitrogen and oxygen atoms in total. The standard InChI is InChI=1S/C20H19FN2O2/c1-3-10-23(13-14-4-7-17(25-2)8-5-14)20(24)19-12-15-11-16(21)6-9-18(15)22-19/h3-9,11-12,22H,1,10,13H2,2H3. The lowest BCUT2D eigenvalue weighted by Gasteiger charge is -2.20. The van der Waals surface area contributed by atoms with Crippen molar-refractivity contribution in [3.63, 3.8) is 0 Å². The number of ether oxygens (including phenoxy) is 1. The number of halogens is 1. The zero-order valence-corrected chi connectivity index (χ0v) is 14.0. The number of carbonyl (C=O) groups excluding carboxylic acids is 1. The smallest absolute Gasteiger partial charge is 0.270 e. The summed E-state index contributed by atoms with van der Waals surface area (Å²) in [5, 5.41) is 0.673. The van der Waals surface area contributed by atoms with Gasteiger partial charge in [0.25, 0.3) is 5.91 Å². The summed E-state index contributed by atoms with van der Waals surface area (Å²) in [5.74, 6) is 0.280. The number of methoxy groups -OCH3 is 1. The van der Waals surface area contributed by atoms with Crippen molar-refractivity contribution in [2.45, 2.75) is 6.54 Å². The van der Waals surface area contributed by atoms with Gasteiger partial charge in [0.2, 0.25) is 0 Å². The van der Waals surface area contributed by atoms with Gasteiger partial charge in [0.1, 0.15) is 17.3 Å². The van der Waals surface area contributed by atoms with Crippen LogP contribution >= 0.6 is 0 Å². The zero-order valence-electron chi connectivity index (χ0n) is 14.0. The maximum absolute atomic E-state index is 13.3. The normalized spacial score (nSPS) is 10.6. The minimum atomic E-state index is -0.327. The Morgan fingerprint density at radius 1 is 1.24 bits per heavy atom. The number of aromatic amines is 1. The number of hydrogen-bond acceptors (Lipinski definition) is 2. The van der Waals surface area contributed by atoms with Crippen LogP contribution in [0.1, 0.15) is 16.1 Å². The van der Waals surface area contributed by atoms with E-state index < -0.39 is 0 Å². The van der Waals surface area contributed by atoms with E-state index in [1.807, 2.05) is 24.3 Å². The highest BCUT2D eigenvalue weighted by Gasteiger charge is 2.17. The first-order valence-corrected chi connectivity index (χ1v) is 7.92. The first kappa shape index (κ1) is 16.8. The second kappa shape index (κ2) is 7.21. The summed E-state index contributed by atoms with van der Waals surface area (Å²) in [7, 11) is 1.61. The van der Waals surface area contributed by atoms with Gasteiger partial charge in [-0.3, -0.25) is 4.79 Å². The van der Waals surface area contributed by atoms with Crippen molar-refractivity contribution in [2.75, 3.05) is 13.7 Å². The van der Waals surface area contributed by atoms with Crippen LogP contribution < -0.4 is 4.74 Å². The number of fused-ring (bicyclic) bond motifs is 1. The van der Waals surface area contributed by atoms with Crippen LogP contribution in [-0.4, -0.2) is 29.4 Å². The molecule has 25 heavy (non-hydrogen) atoms. The summed E-state index contributed by atoms with van der Waals surface area (Å²) in [6.45, 7) is 4.58. The second-order valence-corrected chi connectivity index (χ2v) is 5.74. The summed E-state index contributed by atoms with van der Waals surface area (Å²) in [5.41, 5.74) is 2.14. The molecule has 0 saturated carbocycles. The van der Waals surface area contributed by atoms with E-state index in [-0.39, 0.29) is 11.7 Å². The van der Waals surface area contributed by atoms with Crippen LogP contribution in [0.15, 0.2) is 61.2 Å². The lowest BCUT2D eigenvalue weighted by atomic mass is 10.2. The van der Waals surface area contributed by atoms with Gasteiger partial charge in [0.15, 0.2) is 0 Å². The fourth-order valence-corrected chi connectivity index (χ4v) is 2.72. The molecule has 0 aliphatic heterocycles. The summed E-state index contributed by atoms with van der Waals surface area (Å²) < 4.78 is 18.5. The van der Waals surface area contributed by atoms with Gasteiger partial charge in [-0.2, -0.15) is 0 Å². The van der Waals surface area contributed by atoms with E-state index in [1.54, 1.807) is 30.2 Å². The van der Waals surface area contributed by atoms with Crippen LogP contribution in [0.5, 0.6) is 5.75 Å². The number of aromatic nitrogens is 1. The van der Waals surface area contributed by atoms with E-state index >= 15 is 0 Å². The summed E-state index contributed by atoms with van der Waals surface area (Å²) in [6, 6.07) is 13.6. The van der Waals surface area contributed by atoms with E-state index in [9.17, 15) is 9.18 Å². The van der Waals surface area contributed by atoms with E-state index in [4.69, 9.17) is 4.74 Å². The molecule has 128 valence electrons. The number of carbonyl (C=O) groups is 1. The molecule has 3 aromatic rings. The van der Waals surface area contributed by atoms with Crippen molar-refractivity contribution in [1.82, 2.24) is 9.88 Å². The maximum Gasteiger partial charge on any atom is 0.270 e. The molecule has 1 aromatic heterocycles. The molecular formula is C20H19FN2O2. The molecule has 0 atom stereocenters. The second-order valence-electron chi connectivity index (χ2n) is 5.74. The predicted molar refractivity (Wildman–Crippen MR) is 96.2 cm³/mol. The molecule has 0 unspecified atom stereocenters. The first-order chi connectivity index (χ1) is 12.1. The van der Waals surface area contributed by atoms with Gasteiger partial charge < -0.3 is 14.6 Å². The predicted octanol–water partition coefficient (Wildman–Crippen LogP) is 4.14. The van der Waals surface area contributed by atoms with Crippen LogP contribution in [0.2, 0.25) is 0 Å². The number of hydrogen-bond donors (Lipinski definition) is 1. The number of benzene rings is 2. The molecule has 0 spiro atoms. The molecule has 2 aromatic carbocycles. The fraction of sp³-hybridized carbons (Fsp3) is 0.150. The average Bonchev–Trinajstić information content (AvgIpc) is 3.04. The zero-order chi connectivity index (χ0) is 17.8. The Morgan fingerprint density at radius 2 is 2.00 bits per heavy atom. The Bertz CT molecular complexity index is 900. The summed E-state index contributed by atoms with van der Waals surface area (Å²) in [6.07, 6.45) is 1.68. The number of nitrogens with one attached hydrogen (secondary N) is 1. The maximum atomic E-state index is 13.3. The number of nitrogens with zero attached hydrogens (tertiary/aromatic N) is 1. The highest BCUT2D eigenvalue weighted by Crippen LogP contribution is 2.19. The van der Waals surface area contributed by atoms with Crippen molar-refractivity contribution in [3.8, 4) is 5.75 Å². The van der Waals surface area contributed by atoms with Gasteiger partial charge in [-0.05, 0) is 42.0 Å². The topological polar surface area (TPSA) is 45.3 Å². The van der Waals surface area contributed by atoms with Crippen molar-refractivity contribution in [2.24, 2.45) is 0 Å². The molecule has 0 radical (unpaired) electrons. The Morgan fingerprint density at radius 3 is 2.68 bits per heavy atom. The van der Waals surface area contributed by atoms with Crippen molar-refractivity contribution >= 4 is 16.8 Å². The Labute approximate surface area is 145 Å². The lowest BCUT2D eigenvalue weighted by molar-refractivity contribution is 0.0758. The summed E-state index contributed by atoms with van der Waals surface area (Å²) in [4.78, 5) is 17.6.